The zero-order valence-electron chi connectivity index (χ0n) is 7.57. The minimum Gasteiger partial charge on any atom is -0.494 e. The van der Waals surface area contributed by atoms with Gasteiger partial charge in [-0.2, -0.15) is 0 Å². The molecule has 0 fully saturated rings. The summed E-state index contributed by atoms with van der Waals surface area (Å²) in [6.07, 6.45) is 0.627. The predicted octanol–water partition coefficient (Wildman–Crippen LogP) is 2.58. The topological polar surface area (TPSA) is 46.5 Å². The number of carboxylic acid groups (broad SMARTS) is 1. The Morgan fingerprint density at radius 2 is 2.29 bits per heavy atom. The molecule has 0 heterocycles. The van der Waals surface area contributed by atoms with E-state index in [2.05, 4.69) is 0 Å². The molecule has 0 atom stereocenters. The fourth-order valence-corrected chi connectivity index (χ4v) is 1.15. The maximum atomic E-state index is 10.2. The van der Waals surface area contributed by atoms with Gasteiger partial charge in [0.15, 0.2) is 0 Å². The fraction of sp³-hybridized carbons (Fsp3) is 0.300. The molecule has 1 N–H and O–H groups in total. The maximum absolute atomic E-state index is 10.2. The normalized spacial score (nSPS) is 9.79. The highest BCUT2D eigenvalue weighted by Crippen LogP contribution is 2.17. The van der Waals surface area contributed by atoms with Gasteiger partial charge in [-0.05, 0) is 24.6 Å². The summed E-state index contributed by atoms with van der Waals surface area (Å²) in [4.78, 5) is 10.2. The van der Waals surface area contributed by atoms with Crippen molar-refractivity contribution in [2.45, 2.75) is 12.8 Å². The first-order valence-corrected chi connectivity index (χ1v) is 4.66. The predicted molar refractivity (Wildman–Crippen MR) is 53.8 cm³/mol. The van der Waals surface area contributed by atoms with Crippen LogP contribution in [0.1, 0.15) is 12.8 Å². The third-order valence-corrected chi connectivity index (χ3v) is 1.83. The summed E-state index contributed by atoms with van der Waals surface area (Å²) in [5.41, 5.74) is 0. The highest BCUT2D eigenvalue weighted by molar-refractivity contribution is 6.30. The minimum absolute atomic E-state index is 0.126. The Morgan fingerprint density at radius 1 is 1.50 bits per heavy atom. The molecule has 0 spiro atoms. The van der Waals surface area contributed by atoms with Crippen molar-refractivity contribution in [3.63, 3.8) is 0 Å². The minimum atomic E-state index is -0.806. The third kappa shape index (κ3) is 4.14. The summed E-state index contributed by atoms with van der Waals surface area (Å²) in [6.45, 7) is 0.395. The van der Waals surface area contributed by atoms with Crippen molar-refractivity contribution >= 4 is 17.6 Å². The fourth-order valence-electron chi connectivity index (χ4n) is 0.970. The van der Waals surface area contributed by atoms with E-state index in [0.717, 1.165) is 0 Å². The van der Waals surface area contributed by atoms with E-state index in [1.165, 1.54) is 0 Å². The molecule has 0 amide bonds. The van der Waals surface area contributed by atoms with Crippen LogP contribution in [0.3, 0.4) is 0 Å². The van der Waals surface area contributed by atoms with Crippen LogP contribution in [0.5, 0.6) is 5.75 Å². The summed E-state index contributed by atoms with van der Waals surface area (Å²) in [5.74, 6) is -0.136. The third-order valence-electron chi connectivity index (χ3n) is 1.60. The van der Waals surface area contributed by atoms with E-state index in [4.69, 9.17) is 21.4 Å². The monoisotopic (exact) mass is 214 g/mol. The number of rotatable bonds is 5. The lowest BCUT2D eigenvalue weighted by molar-refractivity contribution is -0.137. The molecule has 0 unspecified atom stereocenters. The van der Waals surface area contributed by atoms with Gasteiger partial charge in [0.25, 0.3) is 0 Å². The van der Waals surface area contributed by atoms with Gasteiger partial charge >= 0.3 is 5.97 Å². The molecule has 1 rings (SSSR count). The number of hydrogen-bond donors (Lipinski definition) is 1. The van der Waals surface area contributed by atoms with E-state index in [9.17, 15) is 4.79 Å². The molecule has 1 aromatic rings. The number of ether oxygens (including phenoxy) is 1. The Kier molecular flexibility index (Phi) is 4.26. The molecular formula is C10H11ClO3. The lowest BCUT2D eigenvalue weighted by Crippen LogP contribution is -2.01. The molecule has 0 saturated carbocycles. The van der Waals surface area contributed by atoms with Crippen molar-refractivity contribution in [2.75, 3.05) is 6.61 Å². The van der Waals surface area contributed by atoms with Gasteiger partial charge in [0.2, 0.25) is 0 Å². The lowest BCUT2D eigenvalue weighted by Gasteiger charge is -2.04. The molecule has 0 aliphatic carbocycles. The Balaban J connectivity index is 2.28. The highest BCUT2D eigenvalue weighted by atomic mass is 35.5. The Morgan fingerprint density at radius 3 is 2.93 bits per heavy atom. The zero-order valence-corrected chi connectivity index (χ0v) is 8.33. The average Bonchev–Trinajstić information content (AvgIpc) is 2.12. The molecule has 14 heavy (non-hydrogen) atoms. The standard InChI is InChI=1S/C10H11ClO3/c11-8-3-1-4-9(7-8)14-6-2-5-10(12)13/h1,3-4,7H,2,5-6H2,(H,12,13). The lowest BCUT2D eigenvalue weighted by atomic mass is 10.3. The van der Waals surface area contributed by atoms with Crippen LogP contribution in [0.15, 0.2) is 24.3 Å². The van der Waals surface area contributed by atoms with Gasteiger partial charge in [0.05, 0.1) is 6.61 Å². The summed E-state index contributed by atoms with van der Waals surface area (Å²) in [7, 11) is 0. The van der Waals surface area contributed by atoms with Gasteiger partial charge in [-0.25, -0.2) is 0 Å². The quantitative estimate of drug-likeness (QED) is 0.767. The largest absolute Gasteiger partial charge is 0.494 e. The van der Waals surface area contributed by atoms with E-state index < -0.39 is 5.97 Å². The molecule has 3 nitrogen and oxygen atoms in total. The summed E-state index contributed by atoms with van der Waals surface area (Å²) in [6, 6.07) is 7.02. The summed E-state index contributed by atoms with van der Waals surface area (Å²) in [5, 5.41) is 8.99. The van der Waals surface area contributed by atoms with E-state index in [1.807, 2.05) is 0 Å². The van der Waals surface area contributed by atoms with Gasteiger partial charge in [0.1, 0.15) is 5.75 Å². The second-order valence-corrected chi connectivity index (χ2v) is 3.24. The van der Waals surface area contributed by atoms with Crippen LogP contribution < -0.4 is 4.74 Å². The number of halogens is 1. The second kappa shape index (κ2) is 5.50. The van der Waals surface area contributed by atoms with Crippen LogP contribution in [0, 0.1) is 0 Å². The molecule has 0 aliphatic heterocycles. The van der Waals surface area contributed by atoms with Crippen molar-refractivity contribution in [3.05, 3.63) is 29.3 Å². The SMILES string of the molecule is O=C(O)CCCOc1cccc(Cl)c1. The number of carbonyl (C=O) groups is 1. The van der Waals surface area contributed by atoms with Crippen molar-refractivity contribution < 1.29 is 14.6 Å². The van der Waals surface area contributed by atoms with E-state index >= 15 is 0 Å². The smallest absolute Gasteiger partial charge is 0.303 e. The van der Waals surface area contributed by atoms with Crippen LogP contribution in [0.25, 0.3) is 0 Å². The Labute approximate surface area is 87.3 Å². The molecule has 0 radical (unpaired) electrons. The molecule has 4 heteroatoms. The van der Waals surface area contributed by atoms with Crippen LogP contribution >= 0.6 is 11.6 Å². The number of hydrogen-bond acceptors (Lipinski definition) is 2. The van der Waals surface area contributed by atoms with E-state index in [-0.39, 0.29) is 6.42 Å². The van der Waals surface area contributed by atoms with Crippen molar-refractivity contribution in [3.8, 4) is 5.75 Å². The Hall–Kier alpha value is -1.22. The van der Waals surface area contributed by atoms with E-state index in [0.29, 0.717) is 23.8 Å². The van der Waals surface area contributed by atoms with Crippen LogP contribution in [-0.2, 0) is 4.79 Å². The number of carboxylic acids is 1. The van der Waals surface area contributed by atoms with E-state index in [1.54, 1.807) is 24.3 Å². The van der Waals surface area contributed by atoms with Gasteiger partial charge in [-0.15, -0.1) is 0 Å². The molecular weight excluding hydrogens is 204 g/mol. The molecule has 0 bridgehead atoms. The van der Waals surface area contributed by atoms with Gasteiger partial charge in [-0.1, -0.05) is 17.7 Å². The zero-order chi connectivity index (χ0) is 10.4. The van der Waals surface area contributed by atoms with Gasteiger partial charge < -0.3 is 9.84 Å². The van der Waals surface area contributed by atoms with Gasteiger partial charge in [-0.3, -0.25) is 4.79 Å². The molecule has 0 saturated heterocycles. The van der Waals surface area contributed by atoms with Crippen molar-refractivity contribution in [2.24, 2.45) is 0 Å². The maximum Gasteiger partial charge on any atom is 0.303 e. The molecule has 1 aromatic carbocycles. The first-order chi connectivity index (χ1) is 6.68. The first-order valence-electron chi connectivity index (χ1n) is 4.28. The second-order valence-electron chi connectivity index (χ2n) is 2.80. The Bertz CT molecular complexity index is 312. The van der Waals surface area contributed by atoms with Gasteiger partial charge in [0, 0.05) is 11.4 Å². The summed E-state index contributed by atoms with van der Waals surface area (Å²) < 4.78 is 5.29. The average molecular weight is 215 g/mol. The first kappa shape index (κ1) is 10.9. The molecule has 76 valence electrons. The van der Waals surface area contributed by atoms with Crippen LogP contribution in [-0.4, -0.2) is 17.7 Å². The number of aliphatic carboxylic acids is 1. The van der Waals surface area contributed by atoms with Crippen LogP contribution in [0.2, 0.25) is 5.02 Å². The number of benzene rings is 1. The highest BCUT2D eigenvalue weighted by Gasteiger charge is 1.98. The van der Waals surface area contributed by atoms with Crippen molar-refractivity contribution in [1.82, 2.24) is 0 Å². The van der Waals surface area contributed by atoms with Crippen LogP contribution in [0.4, 0.5) is 0 Å². The summed E-state index contributed by atoms with van der Waals surface area (Å²) >= 11 is 5.73. The van der Waals surface area contributed by atoms with Crippen molar-refractivity contribution in [1.29, 1.82) is 0 Å². The molecule has 0 aromatic heterocycles. The molecule has 0 aliphatic rings.